The van der Waals surface area contributed by atoms with Crippen LogP contribution >= 0.6 is 11.8 Å². The molecule has 5 heteroatoms. The van der Waals surface area contributed by atoms with Crippen LogP contribution in [-0.2, 0) is 4.79 Å². The number of benzene rings is 2. The van der Waals surface area contributed by atoms with Crippen LogP contribution < -0.4 is 10.1 Å². The second-order valence-electron chi connectivity index (χ2n) is 5.54. The smallest absolute Gasteiger partial charge is 0.258 e. The van der Waals surface area contributed by atoms with Gasteiger partial charge in [0.05, 0.1) is 6.04 Å². The lowest BCUT2D eigenvalue weighted by Gasteiger charge is -2.26. The van der Waals surface area contributed by atoms with E-state index in [1.165, 1.54) is 12.1 Å². The number of halogens is 1. The van der Waals surface area contributed by atoms with Gasteiger partial charge in [0.2, 0.25) is 0 Å². The van der Waals surface area contributed by atoms with Gasteiger partial charge in [0.1, 0.15) is 11.6 Å². The number of ether oxygens (including phenoxy) is 1. The lowest BCUT2D eigenvalue weighted by atomic mass is 10.0. The van der Waals surface area contributed by atoms with Crippen LogP contribution in [0.15, 0.2) is 47.4 Å². The molecule has 0 saturated carbocycles. The molecule has 0 aliphatic carbocycles. The van der Waals surface area contributed by atoms with Crippen molar-refractivity contribution in [3.8, 4) is 5.75 Å². The van der Waals surface area contributed by atoms with Crippen LogP contribution in [-0.4, -0.2) is 18.3 Å². The minimum atomic E-state index is -0.276. The Labute approximate surface area is 139 Å². The van der Waals surface area contributed by atoms with Gasteiger partial charge in [-0.25, -0.2) is 4.39 Å². The van der Waals surface area contributed by atoms with Gasteiger partial charge in [0, 0.05) is 10.6 Å². The molecule has 3 nitrogen and oxygen atoms in total. The van der Waals surface area contributed by atoms with Gasteiger partial charge < -0.3 is 10.1 Å². The number of fused-ring (bicyclic) bond motifs is 1. The van der Waals surface area contributed by atoms with Crippen LogP contribution in [0, 0.1) is 12.7 Å². The van der Waals surface area contributed by atoms with Crippen LogP contribution in [0.3, 0.4) is 0 Å². The zero-order valence-corrected chi connectivity index (χ0v) is 13.7. The molecule has 0 saturated heterocycles. The van der Waals surface area contributed by atoms with E-state index in [4.69, 9.17) is 4.74 Å². The molecule has 1 atom stereocenters. The van der Waals surface area contributed by atoms with E-state index in [2.05, 4.69) is 5.32 Å². The first-order valence-corrected chi connectivity index (χ1v) is 8.51. The third kappa shape index (κ3) is 4.05. The molecule has 0 fully saturated rings. The molecule has 120 valence electrons. The van der Waals surface area contributed by atoms with Gasteiger partial charge in [-0.05, 0) is 49.2 Å². The van der Waals surface area contributed by atoms with Crippen LogP contribution in [0.5, 0.6) is 5.75 Å². The Morgan fingerprint density at radius 3 is 2.87 bits per heavy atom. The Kier molecular flexibility index (Phi) is 4.86. The molecule has 0 spiro atoms. The number of hydrogen-bond donors (Lipinski definition) is 1. The Balaban J connectivity index is 1.60. The molecule has 1 heterocycles. The number of rotatable bonds is 4. The predicted molar refractivity (Wildman–Crippen MR) is 89.3 cm³/mol. The maximum absolute atomic E-state index is 13.5. The monoisotopic (exact) mass is 331 g/mol. The molecule has 0 bridgehead atoms. The molecule has 1 N–H and O–H groups in total. The van der Waals surface area contributed by atoms with Crippen molar-refractivity contribution in [3.63, 3.8) is 0 Å². The van der Waals surface area contributed by atoms with Gasteiger partial charge in [0.15, 0.2) is 6.61 Å². The maximum Gasteiger partial charge on any atom is 0.258 e. The summed E-state index contributed by atoms with van der Waals surface area (Å²) >= 11 is 1.69. The van der Waals surface area contributed by atoms with Gasteiger partial charge in [-0.15, -0.1) is 11.8 Å². The second kappa shape index (κ2) is 7.04. The largest absolute Gasteiger partial charge is 0.484 e. The third-order valence-electron chi connectivity index (χ3n) is 3.74. The van der Waals surface area contributed by atoms with Crippen LogP contribution in [0.4, 0.5) is 4.39 Å². The van der Waals surface area contributed by atoms with Crippen LogP contribution in [0.2, 0.25) is 0 Å². The van der Waals surface area contributed by atoms with E-state index in [-0.39, 0.29) is 24.4 Å². The lowest BCUT2D eigenvalue weighted by molar-refractivity contribution is -0.123. The van der Waals surface area contributed by atoms with E-state index < -0.39 is 0 Å². The highest BCUT2D eigenvalue weighted by Crippen LogP contribution is 2.36. The molecule has 0 radical (unpaired) electrons. The van der Waals surface area contributed by atoms with Crippen molar-refractivity contribution in [1.82, 2.24) is 5.32 Å². The number of aryl methyl sites for hydroxylation is 1. The summed E-state index contributed by atoms with van der Waals surface area (Å²) in [4.78, 5) is 13.1. The first-order valence-electron chi connectivity index (χ1n) is 7.53. The number of thioether (sulfide) groups is 1. The summed E-state index contributed by atoms with van der Waals surface area (Å²) in [5.41, 5.74) is 1.99. The summed E-state index contributed by atoms with van der Waals surface area (Å²) < 4.78 is 18.9. The van der Waals surface area contributed by atoms with Crippen molar-refractivity contribution in [3.05, 3.63) is 59.4 Å². The number of amides is 1. The van der Waals surface area contributed by atoms with E-state index in [1.807, 2.05) is 31.2 Å². The van der Waals surface area contributed by atoms with Gasteiger partial charge >= 0.3 is 0 Å². The molecule has 1 unspecified atom stereocenters. The minimum Gasteiger partial charge on any atom is -0.484 e. The van der Waals surface area contributed by atoms with Crippen molar-refractivity contribution in [2.24, 2.45) is 0 Å². The number of carbonyl (C=O) groups excluding carboxylic acids is 1. The molecule has 1 aliphatic heterocycles. The summed E-state index contributed by atoms with van der Waals surface area (Å²) in [6, 6.07) is 12.1. The van der Waals surface area contributed by atoms with Crippen LogP contribution in [0.1, 0.15) is 23.6 Å². The maximum atomic E-state index is 13.5. The van der Waals surface area contributed by atoms with Crippen molar-refractivity contribution >= 4 is 17.7 Å². The Bertz CT molecular complexity index is 703. The SMILES string of the molecule is Cc1ccc(OCC(=O)NC2CCSc3ccc(F)cc32)cc1. The zero-order chi connectivity index (χ0) is 16.2. The summed E-state index contributed by atoms with van der Waals surface area (Å²) in [6.07, 6.45) is 0.789. The van der Waals surface area contributed by atoms with Gasteiger partial charge in [-0.1, -0.05) is 17.7 Å². The van der Waals surface area contributed by atoms with Crippen molar-refractivity contribution in [2.75, 3.05) is 12.4 Å². The second-order valence-corrected chi connectivity index (χ2v) is 6.68. The average Bonchev–Trinajstić information content (AvgIpc) is 2.55. The highest BCUT2D eigenvalue weighted by Gasteiger charge is 2.23. The van der Waals surface area contributed by atoms with E-state index in [0.717, 1.165) is 28.2 Å². The van der Waals surface area contributed by atoms with Crippen molar-refractivity contribution < 1.29 is 13.9 Å². The average molecular weight is 331 g/mol. The quantitative estimate of drug-likeness (QED) is 0.924. The van der Waals surface area contributed by atoms with Gasteiger partial charge in [0.25, 0.3) is 5.91 Å². The van der Waals surface area contributed by atoms with Crippen LogP contribution in [0.25, 0.3) is 0 Å². The fourth-order valence-electron chi connectivity index (χ4n) is 2.53. The number of nitrogens with one attached hydrogen (secondary N) is 1. The first-order chi connectivity index (χ1) is 11.1. The molecule has 0 aromatic heterocycles. The molecule has 2 aromatic rings. The highest BCUT2D eigenvalue weighted by molar-refractivity contribution is 7.99. The molecule has 1 aliphatic rings. The van der Waals surface area contributed by atoms with Gasteiger partial charge in [-0.3, -0.25) is 4.79 Å². The normalized spacial score (nSPS) is 16.5. The zero-order valence-electron chi connectivity index (χ0n) is 12.8. The molecule has 2 aromatic carbocycles. The number of carbonyl (C=O) groups is 1. The van der Waals surface area contributed by atoms with Gasteiger partial charge in [-0.2, -0.15) is 0 Å². The highest BCUT2D eigenvalue weighted by atomic mass is 32.2. The molecule has 1 amide bonds. The lowest BCUT2D eigenvalue weighted by Crippen LogP contribution is -2.34. The summed E-state index contributed by atoms with van der Waals surface area (Å²) in [6.45, 7) is 1.95. The summed E-state index contributed by atoms with van der Waals surface area (Å²) in [5.74, 6) is 1.10. The topological polar surface area (TPSA) is 38.3 Å². The molecule has 3 rings (SSSR count). The Morgan fingerprint density at radius 1 is 1.30 bits per heavy atom. The third-order valence-corrected chi connectivity index (χ3v) is 4.86. The van der Waals surface area contributed by atoms with Crippen molar-refractivity contribution in [1.29, 1.82) is 0 Å². The molecular formula is C18H18FNO2S. The summed E-state index contributed by atoms with van der Waals surface area (Å²) in [5, 5.41) is 2.94. The van der Waals surface area contributed by atoms with Crippen molar-refractivity contribution in [2.45, 2.75) is 24.3 Å². The molecule has 23 heavy (non-hydrogen) atoms. The Morgan fingerprint density at radius 2 is 2.09 bits per heavy atom. The fraction of sp³-hybridized carbons (Fsp3) is 0.278. The van der Waals surface area contributed by atoms with E-state index in [0.29, 0.717) is 5.75 Å². The molecular weight excluding hydrogens is 313 g/mol. The van der Waals surface area contributed by atoms with E-state index >= 15 is 0 Å². The summed E-state index contributed by atoms with van der Waals surface area (Å²) in [7, 11) is 0. The standard InChI is InChI=1S/C18H18FNO2S/c1-12-2-5-14(6-3-12)22-11-18(21)20-16-8-9-23-17-7-4-13(19)10-15(16)17/h2-7,10,16H,8-9,11H2,1H3,(H,20,21). The Hall–Kier alpha value is -2.01. The van der Waals surface area contributed by atoms with E-state index in [9.17, 15) is 9.18 Å². The fourth-order valence-corrected chi connectivity index (χ4v) is 3.64. The predicted octanol–water partition coefficient (Wildman–Crippen LogP) is 3.87. The minimum absolute atomic E-state index is 0.0443. The number of hydrogen-bond acceptors (Lipinski definition) is 3. The first kappa shape index (κ1) is 15.9. The van der Waals surface area contributed by atoms with E-state index in [1.54, 1.807) is 17.8 Å².